The summed E-state index contributed by atoms with van der Waals surface area (Å²) < 4.78 is 109. The van der Waals surface area contributed by atoms with Crippen molar-refractivity contribution in [1.82, 2.24) is 0 Å². The SMILES string of the molecule is O=S(=O)(O)C(F)=C(F)C(F)(F)C(F)(F)F. The first-order chi connectivity index (χ1) is 6.32. The summed E-state index contributed by atoms with van der Waals surface area (Å²) in [7, 11) is -6.09. The summed E-state index contributed by atoms with van der Waals surface area (Å²) in [6, 6.07) is 0. The predicted molar refractivity (Wildman–Crippen MR) is 31.8 cm³/mol. The lowest BCUT2D eigenvalue weighted by molar-refractivity contribution is -0.271. The minimum absolute atomic E-state index is 3.58. The van der Waals surface area contributed by atoms with Crippen molar-refractivity contribution < 1.29 is 43.7 Å². The van der Waals surface area contributed by atoms with Crippen LogP contribution < -0.4 is 0 Å². The summed E-state index contributed by atoms with van der Waals surface area (Å²) in [5.41, 5.74) is 0. The van der Waals surface area contributed by atoms with Gasteiger partial charge >= 0.3 is 22.2 Å². The van der Waals surface area contributed by atoms with Crippen LogP contribution in [0.15, 0.2) is 11.0 Å². The smallest absolute Gasteiger partial charge is 0.280 e. The van der Waals surface area contributed by atoms with E-state index in [9.17, 15) is 39.2 Å². The van der Waals surface area contributed by atoms with E-state index in [2.05, 4.69) is 0 Å². The number of alkyl halides is 5. The van der Waals surface area contributed by atoms with Gasteiger partial charge in [-0.15, -0.1) is 0 Å². The van der Waals surface area contributed by atoms with Gasteiger partial charge in [0, 0.05) is 0 Å². The number of allylic oxidation sites excluding steroid dienone is 1. The molecule has 0 aliphatic rings. The third-order valence-electron chi connectivity index (χ3n) is 1.03. The van der Waals surface area contributed by atoms with Gasteiger partial charge < -0.3 is 0 Å². The van der Waals surface area contributed by atoms with Crippen LogP contribution in [-0.2, 0) is 10.1 Å². The second-order valence-corrected chi connectivity index (χ2v) is 3.44. The first-order valence-electron chi connectivity index (χ1n) is 2.79. The zero-order chi connectivity index (χ0) is 12.7. The Morgan fingerprint density at radius 1 is 1.00 bits per heavy atom. The van der Waals surface area contributed by atoms with Crippen molar-refractivity contribution in [1.29, 1.82) is 0 Å². The molecule has 0 aromatic rings. The molecule has 0 radical (unpaired) electrons. The topological polar surface area (TPSA) is 54.4 Å². The van der Waals surface area contributed by atoms with Gasteiger partial charge in [-0.05, 0) is 0 Å². The molecule has 0 atom stereocenters. The van der Waals surface area contributed by atoms with Gasteiger partial charge in [0.05, 0.1) is 0 Å². The molecule has 0 aliphatic carbocycles. The molecule has 0 aliphatic heterocycles. The molecule has 90 valence electrons. The van der Waals surface area contributed by atoms with E-state index in [1.165, 1.54) is 0 Å². The lowest BCUT2D eigenvalue weighted by atomic mass is 10.3. The zero-order valence-corrected chi connectivity index (χ0v) is 7.13. The van der Waals surface area contributed by atoms with Crippen LogP contribution in [-0.4, -0.2) is 25.1 Å². The number of rotatable bonds is 2. The highest BCUT2D eigenvalue weighted by Gasteiger charge is 2.63. The second kappa shape index (κ2) is 3.63. The molecular formula is C4HF7O3S. The molecule has 0 saturated carbocycles. The van der Waals surface area contributed by atoms with E-state index >= 15 is 0 Å². The standard InChI is InChI=1S/C4HF7O3S/c5-1(2(6)15(12,13)14)3(7,8)4(9,10)11/h(H,12,13,14). The van der Waals surface area contributed by atoms with Crippen LogP contribution >= 0.6 is 0 Å². The fourth-order valence-corrected chi connectivity index (χ4v) is 0.716. The average molecular weight is 262 g/mol. The molecule has 3 nitrogen and oxygen atoms in total. The Kier molecular flexibility index (Phi) is 3.42. The predicted octanol–water partition coefficient (Wildman–Crippen LogP) is 2.18. The first kappa shape index (κ1) is 14.2. The molecule has 0 rings (SSSR count). The van der Waals surface area contributed by atoms with Gasteiger partial charge in [0.1, 0.15) is 0 Å². The van der Waals surface area contributed by atoms with Crippen molar-refractivity contribution in [3.63, 3.8) is 0 Å². The Morgan fingerprint density at radius 3 is 1.53 bits per heavy atom. The van der Waals surface area contributed by atoms with E-state index < -0.39 is 33.2 Å². The summed E-state index contributed by atoms with van der Waals surface area (Å²) in [5, 5.41) is -3.58. The maximum absolute atomic E-state index is 12.1. The molecule has 11 heteroatoms. The normalized spacial score (nSPS) is 16.3. The number of hydrogen-bond acceptors (Lipinski definition) is 2. The Balaban J connectivity index is 5.65. The Hall–Kier alpha value is -0.840. The van der Waals surface area contributed by atoms with Crippen molar-refractivity contribution in [2.45, 2.75) is 12.1 Å². The molecule has 0 aromatic heterocycles. The van der Waals surface area contributed by atoms with Gasteiger partial charge in [-0.25, -0.2) is 4.39 Å². The van der Waals surface area contributed by atoms with E-state index in [-0.39, 0.29) is 0 Å². The molecule has 0 unspecified atom stereocenters. The van der Waals surface area contributed by atoms with Crippen molar-refractivity contribution in [2.24, 2.45) is 0 Å². The molecule has 0 spiro atoms. The summed E-state index contributed by atoms with van der Waals surface area (Å²) >= 11 is 0. The van der Waals surface area contributed by atoms with E-state index in [0.29, 0.717) is 0 Å². The van der Waals surface area contributed by atoms with Gasteiger partial charge in [0.25, 0.3) is 5.16 Å². The van der Waals surface area contributed by atoms with Gasteiger partial charge in [0.2, 0.25) is 5.83 Å². The van der Waals surface area contributed by atoms with Crippen molar-refractivity contribution in [3.05, 3.63) is 11.0 Å². The van der Waals surface area contributed by atoms with Gasteiger partial charge in [-0.2, -0.15) is 34.8 Å². The van der Waals surface area contributed by atoms with E-state index in [1.807, 2.05) is 0 Å². The summed E-state index contributed by atoms with van der Waals surface area (Å²) in [6.07, 6.45) is -6.51. The van der Waals surface area contributed by atoms with Crippen LogP contribution in [0.3, 0.4) is 0 Å². The fraction of sp³-hybridized carbons (Fsp3) is 0.500. The van der Waals surface area contributed by atoms with Gasteiger partial charge in [0.15, 0.2) is 0 Å². The van der Waals surface area contributed by atoms with Crippen LogP contribution in [0.2, 0.25) is 0 Å². The molecule has 0 saturated heterocycles. The quantitative estimate of drug-likeness (QED) is 0.613. The monoisotopic (exact) mass is 262 g/mol. The van der Waals surface area contributed by atoms with Crippen LogP contribution in [0.1, 0.15) is 0 Å². The molecule has 0 aromatic carbocycles. The van der Waals surface area contributed by atoms with Crippen molar-refractivity contribution in [3.8, 4) is 0 Å². The van der Waals surface area contributed by atoms with Crippen molar-refractivity contribution >= 4 is 10.1 Å². The van der Waals surface area contributed by atoms with E-state index in [0.717, 1.165) is 0 Å². The Labute approximate surface area is 77.9 Å². The second-order valence-electron chi connectivity index (χ2n) is 2.13. The van der Waals surface area contributed by atoms with Crippen LogP contribution in [0, 0.1) is 0 Å². The minimum atomic E-state index is -6.51. The van der Waals surface area contributed by atoms with Crippen LogP contribution in [0.4, 0.5) is 30.7 Å². The summed E-state index contributed by atoms with van der Waals surface area (Å²) in [5.74, 6) is -10.2. The maximum atomic E-state index is 12.1. The van der Waals surface area contributed by atoms with Gasteiger partial charge in [-0.1, -0.05) is 0 Å². The number of hydrogen-bond donors (Lipinski definition) is 1. The largest absolute Gasteiger partial charge is 0.460 e. The van der Waals surface area contributed by atoms with Crippen LogP contribution in [0.25, 0.3) is 0 Å². The molecule has 0 amide bonds. The Bertz CT molecular complexity index is 378. The number of halogens is 7. The van der Waals surface area contributed by atoms with E-state index in [4.69, 9.17) is 4.55 Å². The Morgan fingerprint density at radius 2 is 1.33 bits per heavy atom. The molecule has 0 heterocycles. The highest BCUT2D eigenvalue weighted by Crippen LogP contribution is 2.43. The van der Waals surface area contributed by atoms with Crippen molar-refractivity contribution in [2.75, 3.05) is 0 Å². The lowest BCUT2D eigenvalue weighted by Crippen LogP contribution is -2.37. The average Bonchev–Trinajstić information content (AvgIpc) is 1.97. The lowest BCUT2D eigenvalue weighted by Gasteiger charge is -2.17. The highest BCUT2D eigenvalue weighted by molar-refractivity contribution is 7.89. The third kappa shape index (κ3) is 2.81. The van der Waals surface area contributed by atoms with E-state index in [1.54, 1.807) is 0 Å². The van der Waals surface area contributed by atoms with Crippen LogP contribution in [0.5, 0.6) is 0 Å². The molecule has 0 fully saturated rings. The fourth-order valence-electron chi connectivity index (χ4n) is 0.361. The minimum Gasteiger partial charge on any atom is -0.280 e. The highest BCUT2D eigenvalue weighted by atomic mass is 32.2. The molecular weight excluding hydrogens is 261 g/mol. The molecule has 15 heavy (non-hydrogen) atoms. The summed E-state index contributed by atoms with van der Waals surface area (Å²) in [4.78, 5) is 0. The first-order valence-corrected chi connectivity index (χ1v) is 4.23. The summed E-state index contributed by atoms with van der Waals surface area (Å²) in [6.45, 7) is 0. The van der Waals surface area contributed by atoms with Gasteiger partial charge in [-0.3, -0.25) is 4.55 Å². The molecule has 0 bridgehead atoms. The third-order valence-corrected chi connectivity index (χ3v) is 1.66. The zero-order valence-electron chi connectivity index (χ0n) is 6.32. The molecule has 1 N–H and O–H groups in total. The maximum Gasteiger partial charge on any atom is 0.460 e.